The van der Waals surface area contributed by atoms with Crippen LogP contribution in [0.4, 0.5) is 10.2 Å². The number of anilines is 1. The molecule has 1 aliphatic heterocycles. The molecule has 0 radical (unpaired) electrons. The summed E-state index contributed by atoms with van der Waals surface area (Å²) in [5.74, 6) is 0.205. The molecule has 1 saturated heterocycles. The largest absolute Gasteiger partial charge is 0.399 e. The van der Waals surface area contributed by atoms with E-state index in [4.69, 9.17) is 9.57 Å². The van der Waals surface area contributed by atoms with E-state index in [2.05, 4.69) is 16.2 Å². The third kappa shape index (κ3) is 3.30. The minimum absolute atomic E-state index is 0.186. The second-order valence-electron chi connectivity index (χ2n) is 5.61. The number of methoxy groups -OCH3 is 1. The molecule has 6 nitrogen and oxygen atoms in total. The summed E-state index contributed by atoms with van der Waals surface area (Å²) in [5, 5.41) is 13.3. The maximum absolute atomic E-state index is 14.6. The summed E-state index contributed by atoms with van der Waals surface area (Å²) in [6.07, 6.45) is 1.58. The Morgan fingerprint density at radius 1 is 1.36 bits per heavy atom. The molecule has 2 heterocycles. The van der Waals surface area contributed by atoms with E-state index >= 15 is 0 Å². The van der Waals surface area contributed by atoms with Crippen LogP contribution in [0.3, 0.4) is 0 Å². The van der Waals surface area contributed by atoms with Crippen LogP contribution in [-0.4, -0.2) is 38.0 Å². The summed E-state index contributed by atoms with van der Waals surface area (Å²) >= 11 is 0. The highest BCUT2D eigenvalue weighted by atomic mass is 19.1. The van der Waals surface area contributed by atoms with E-state index in [1.807, 2.05) is 4.90 Å². The number of hydrogen-bond acceptors (Lipinski definition) is 6. The highest BCUT2D eigenvalue weighted by Gasteiger charge is 2.26. The van der Waals surface area contributed by atoms with Crippen LogP contribution in [0.2, 0.25) is 0 Å². The second-order valence-corrected chi connectivity index (χ2v) is 5.61. The SMILES string of the molecule is COCc1cccc(-c2cnc(N3CC(=NOC)C3)c(C#N)c2)c1F. The van der Waals surface area contributed by atoms with Crippen molar-refractivity contribution in [3.63, 3.8) is 0 Å². The summed E-state index contributed by atoms with van der Waals surface area (Å²) in [4.78, 5) is 11.0. The number of benzene rings is 1. The molecule has 0 atom stereocenters. The summed E-state index contributed by atoms with van der Waals surface area (Å²) in [6.45, 7) is 1.31. The fourth-order valence-electron chi connectivity index (χ4n) is 2.74. The maximum atomic E-state index is 14.6. The number of ether oxygens (including phenoxy) is 1. The molecule has 128 valence electrons. The normalized spacial score (nSPS) is 13.2. The molecule has 0 unspecified atom stereocenters. The highest BCUT2D eigenvalue weighted by molar-refractivity contribution is 5.99. The van der Waals surface area contributed by atoms with Crippen molar-refractivity contribution in [2.75, 3.05) is 32.2 Å². The predicted molar refractivity (Wildman–Crippen MR) is 91.7 cm³/mol. The van der Waals surface area contributed by atoms with Crippen molar-refractivity contribution in [2.24, 2.45) is 5.16 Å². The summed E-state index contributed by atoms with van der Waals surface area (Å²) < 4.78 is 19.6. The molecule has 0 aliphatic carbocycles. The summed E-state index contributed by atoms with van der Waals surface area (Å²) in [5.41, 5.74) is 2.70. The van der Waals surface area contributed by atoms with Gasteiger partial charge in [-0.15, -0.1) is 0 Å². The summed E-state index contributed by atoms with van der Waals surface area (Å²) in [7, 11) is 3.01. The van der Waals surface area contributed by atoms with Gasteiger partial charge in [-0.2, -0.15) is 5.26 Å². The van der Waals surface area contributed by atoms with Gasteiger partial charge in [-0.05, 0) is 6.07 Å². The minimum Gasteiger partial charge on any atom is -0.399 e. The summed E-state index contributed by atoms with van der Waals surface area (Å²) in [6, 6.07) is 8.89. The van der Waals surface area contributed by atoms with Crippen LogP contribution in [-0.2, 0) is 16.2 Å². The average molecular weight is 340 g/mol. The molecule has 3 rings (SSSR count). The molecule has 1 aromatic carbocycles. The first-order valence-electron chi connectivity index (χ1n) is 7.68. The Morgan fingerprint density at radius 3 is 2.84 bits per heavy atom. The lowest BCUT2D eigenvalue weighted by atomic mass is 10.0. The third-order valence-electron chi connectivity index (χ3n) is 3.94. The van der Waals surface area contributed by atoms with Crippen LogP contribution in [0.1, 0.15) is 11.1 Å². The quantitative estimate of drug-likeness (QED) is 0.783. The number of nitriles is 1. The Balaban J connectivity index is 1.92. The van der Waals surface area contributed by atoms with Gasteiger partial charge in [0.1, 0.15) is 24.8 Å². The number of hydrogen-bond donors (Lipinski definition) is 0. The van der Waals surface area contributed by atoms with Gasteiger partial charge in [0.15, 0.2) is 0 Å². The van der Waals surface area contributed by atoms with E-state index in [1.54, 1.807) is 30.5 Å². The first kappa shape index (κ1) is 16.9. The Labute approximate surface area is 145 Å². The van der Waals surface area contributed by atoms with E-state index in [1.165, 1.54) is 14.2 Å². The molecule has 0 bridgehead atoms. The second kappa shape index (κ2) is 7.28. The van der Waals surface area contributed by atoms with Gasteiger partial charge in [0.25, 0.3) is 0 Å². The van der Waals surface area contributed by atoms with Crippen molar-refractivity contribution >= 4 is 11.5 Å². The topological polar surface area (TPSA) is 70.7 Å². The number of pyridine rings is 1. The molecule has 0 amide bonds. The molecule has 0 spiro atoms. The molecular formula is C18H17FN4O2. The molecule has 1 aliphatic rings. The van der Waals surface area contributed by atoms with Gasteiger partial charge in [-0.3, -0.25) is 0 Å². The molecule has 1 aromatic heterocycles. The zero-order valence-electron chi connectivity index (χ0n) is 14.0. The van der Waals surface area contributed by atoms with Crippen LogP contribution >= 0.6 is 0 Å². The third-order valence-corrected chi connectivity index (χ3v) is 3.94. The smallest absolute Gasteiger partial charge is 0.147 e. The van der Waals surface area contributed by atoms with Crippen LogP contribution in [0, 0.1) is 17.1 Å². The Kier molecular flexibility index (Phi) is 4.91. The Morgan fingerprint density at radius 2 is 2.16 bits per heavy atom. The molecule has 1 fully saturated rings. The van der Waals surface area contributed by atoms with Crippen LogP contribution in [0.25, 0.3) is 11.1 Å². The van der Waals surface area contributed by atoms with E-state index in [0.717, 1.165) is 5.71 Å². The molecular weight excluding hydrogens is 323 g/mol. The van der Waals surface area contributed by atoms with Crippen molar-refractivity contribution in [2.45, 2.75) is 6.61 Å². The van der Waals surface area contributed by atoms with E-state index < -0.39 is 0 Å². The van der Waals surface area contributed by atoms with Gasteiger partial charge in [-0.25, -0.2) is 9.37 Å². The van der Waals surface area contributed by atoms with Crippen LogP contribution in [0.15, 0.2) is 35.6 Å². The lowest BCUT2D eigenvalue weighted by molar-refractivity contribution is 0.181. The van der Waals surface area contributed by atoms with Crippen molar-refractivity contribution in [3.8, 4) is 17.2 Å². The highest BCUT2D eigenvalue weighted by Crippen LogP contribution is 2.29. The van der Waals surface area contributed by atoms with Gasteiger partial charge in [0, 0.05) is 30.0 Å². The molecule has 25 heavy (non-hydrogen) atoms. The van der Waals surface area contributed by atoms with Crippen molar-refractivity contribution < 1.29 is 14.0 Å². The number of rotatable bonds is 5. The minimum atomic E-state index is -0.360. The zero-order chi connectivity index (χ0) is 17.8. The lowest BCUT2D eigenvalue weighted by Gasteiger charge is -2.33. The van der Waals surface area contributed by atoms with Gasteiger partial charge < -0.3 is 14.5 Å². The van der Waals surface area contributed by atoms with Crippen molar-refractivity contribution in [1.29, 1.82) is 5.26 Å². The zero-order valence-corrected chi connectivity index (χ0v) is 14.0. The first-order valence-corrected chi connectivity index (χ1v) is 7.68. The standard InChI is InChI=1S/C18H17FN4O2/c1-24-11-12-4-3-5-16(17(12)19)14-6-13(7-20)18(21-8-14)23-9-15(10-23)22-25-2/h3-6,8H,9-11H2,1-2H3. The van der Waals surface area contributed by atoms with Gasteiger partial charge >= 0.3 is 0 Å². The van der Waals surface area contributed by atoms with Crippen LogP contribution < -0.4 is 4.90 Å². The number of halogens is 1. The molecule has 2 aromatic rings. The monoisotopic (exact) mass is 340 g/mol. The van der Waals surface area contributed by atoms with Crippen molar-refractivity contribution in [1.82, 2.24) is 4.98 Å². The van der Waals surface area contributed by atoms with E-state index in [9.17, 15) is 9.65 Å². The van der Waals surface area contributed by atoms with Gasteiger partial charge in [0.2, 0.25) is 0 Å². The number of oxime groups is 1. The van der Waals surface area contributed by atoms with E-state index in [0.29, 0.717) is 41.2 Å². The number of nitrogens with zero attached hydrogens (tertiary/aromatic N) is 4. The van der Waals surface area contributed by atoms with Crippen LogP contribution in [0.5, 0.6) is 0 Å². The number of aromatic nitrogens is 1. The lowest BCUT2D eigenvalue weighted by Crippen LogP contribution is -2.48. The molecule has 0 N–H and O–H groups in total. The van der Waals surface area contributed by atoms with E-state index in [-0.39, 0.29) is 12.4 Å². The fraction of sp³-hybridized carbons (Fsp3) is 0.278. The molecule has 7 heteroatoms. The van der Waals surface area contributed by atoms with Gasteiger partial charge in [-0.1, -0.05) is 23.4 Å². The Bertz CT molecular complexity index is 853. The molecule has 0 saturated carbocycles. The fourth-order valence-corrected chi connectivity index (χ4v) is 2.74. The Hall–Kier alpha value is -2.98. The first-order chi connectivity index (χ1) is 12.2. The predicted octanol–water partition coefficient (Wildman–Crippen LogP) is 2.73. The van der Waals surface area contributed by atoms with Gasteiger partial charge in [0.05, 0.1) is 31.0 Å². The maximum Gasteiger partial charge on any atom is 0.147 e. The average Bonchev–Trinajstić information content (AvgIpc) is 2.59. The van der Waals surface area contributed by atoms with Crippen molar-refractivity contribution in [3.05, 3.63) is 47.4 Å².